The number of rotatable bonds is 14. The van der Waals surface area contributed by atoms with Gasteiger partial charge in [-0.3, -0.25) is 19.1 Å². The van der Waals surface area contributed by atoms with E-state index in [1.165, 1.54) is 5.19 Å². The quantitative estimate of drug-likeness (QED) is 0.0608. The molecular formula is C48H52N8O6Si. The van der Waals surface area contributed by atoms with Gasteiger partial charge in [-0.15, -0.1) is 5.10 Å². The van der Waals surface area contributed by atoms with Crippen LogP contribution < -0.4 is 36.9 Å². The normalized spacial score (nSPS) is 19.3. The summed E-state index contributed by atoms with van der Waals surface area (Å²) in [4.78, 5) is 43.8. The molecule has 0 aliphatic carbocycles. The van der Waals surface area contributed by atoms with E-state index in [0.717, 1.165) is 11.3 Å². The van der Waals surface area contributed by atoms with Crippen molar-refractivity contribution in [3.8, 4) is 5.75 Å². The molecule has 14 nitrogen and oxygen atoms in total. The number of anilines is 5. The molecule has 63 heavy (non-hydrogen) atoms. The Morgan fingerprint density at radius 2 is 1.46 bits per heavy atom. The van der Waals surface area contributed by atoms with Crippen LogP contribution in [-0.2, 0) is 34.6 Å². The molecule has 8 rings (SSSR count). The molecule has 0 bridgehead atoms. The van der Waals surface area contributed by atoms with E-state index < -0.39 is 13.7 Å². The minimum atomic E-state index is -2.48. The summed E-state index contributed by atoms with van der Waals surface area (Å²) in [5.74, 6) is -0.313. The van der Waals surface area contributed by atoms with Crippen molar-refractivity contribution in [2.75, 3.05) is 40.7 Å². The molecular weight excluding hydrogens is 813 g/mol. The number of hydrogen-bond donors (Lipinski definition) is 5. The minimum Gasteiger partial charge on any atom is -0.497 e. The summed E-state index contributed by atoms with van der Waals surface area (Å²) in [6.45, 7) is 7.47. The fourth-order valence-electron chi connectivity index (χ4n) is 9.31. The lowest BCUT2D eigenvalue weighted by atomic mass is 9.82. The highest BCUT2D eigenvalue weighted by Crippen LogP contribution is 2.60. The van der Waals surface area contributed by atoms with Gasteiger partial charge in [0.25, 0.3) is 17.7 Å². The molecule has 324 valence electrons. The molecule has 3 amide bonds. The van der Waals surface area contributed by atoms with Crippen molar-refractivity contribution in [2.24, 2.45) is 5.92 Å². The number of ether oxygens (including phenoxy) is 2. The average Bonchev–Trinajstić information content (AvgIpc) is 3.93. The van der Waals surface area contributed by atoms with Crippen LogP contribution in [0.2, 0.25) is 18.6 Å². The van der Waals surface area contributed by atoms with Crippen molar-refractivity contribution in [3.63, 3.8) is 0 Å². The highest BCUT2D eigenvalue weighted by Gasteiger charge is 2.66. The standard InChI is InChI=1S/C48H52N8O6Si/c1-30-44(63(3,4)40-20-18-39(61-2)19-21-40)43(23-25-55-29-38(24-26-57)53-54-55)62-48(30)41-27-37(52-46(59)33-9-13-35(50)14-10-33)17-22-42(41)56(47(48)60)28-31-5-15-36(16-6-31)51-45(58)32-7-11-34(49)12-8-32/h5-22,27,29-30,43-44,57H,23-26,28,49-50H2,1-4H3,(H,51,58)(H,52,59)/t30-,43+,44-,48+/m1/s1. The molecule has 1 fully saturated rings. The number of nitrogens with zero attached hydrogens (tertiary/aromatic N) is 4. The number of nitrogen functional groups attached to an aromatic ring is 2. The van der Waals surface area contributed by atoms with E-state index >= 15 is 4.79 Å². The molecule has 6 aromatic rings. The molecule has 1 saturated heterocycles. The number of aliphatic hydroxyl groups excluding tert-OH is 1. The summed E-state index contributed by atoms with van der Waals surface area (Å²) in [5.41, 5.74) is 16.3. The van der Waals surface area contributed by atoms with Crippen LogP contribution >= 0.6 is 0 Å². The first-order valence-corrected chi connectivity index (χ1v) is 24.1. The molecule has 1 aromatic heterocycles. The van der Waals surface area contributed by atoms with Crippen LogP contribution in [0.5, 0.6) is 5.75 Å². The number of fused-ring (bicyclic) bond motifs is 2. The predicted molar refractivity (Wildman–Crippen MR) is 247 cm³/mol. The Balaban J connectivity index is 1.16. The Kier molecular flexibility index (Phi) is 11.9. The predicted octanol–water partition coefficient (Wildman–Crippen LogP) is 6.34. The summed E-state index contributed by atoms with van der Waals surface area (Å²) in [6.07, 6.45) is 2.42. The van der Waals surface area contributed by atoms with E-state index in [0.29, 0.717) is 70.2 Å². The van der Waals surface area contributed by atoms with Crippen LogP contribution in [0, 0.1) is 5.92 Å². The molecule has 0 saturated carbocycles. The van der Waals surface area contributed by atoms with Gasteiger partial charge in [0.05, 0.1) is 39.2 Å². The number of carbonyl (C=O) groups excluding carboxylic acids is 3. The van der Waals surface area contributed by atoms with Gasteiger partial charge in [-0.05, 0) is 109 Å². The van der Waals surface area contributed by atoms with E-state index in [1.54, 1.807) is 65.2 Å². The van der Waals surface area contributed by atoms with Gasteiger partial charge < -0.3 is 41.6 Å². The summed E-state index contributed by atoms with van der Waals surface area (Å²) in [5, 5.41) is 25.3. The number of hydrogen-bond acceptors (Lipinski definition) is 10. The highest BCUT2D eigenvalue weighted by atomic mass is 28.3. The van der Waals surface area contributed by atoms with Gasteiger partial charge in [-0.2, -0.15) is 0 Å². The van der Waals surface area contributed by atoms with Crippen LogP contribution in [0.15, 0.2) is 121 Å². The summed E-state index contributed by atoms with van der Waals surface area (Å²) in [7, 11) is -0.831. The third-order valence-electron chi connectivity index (χ3n) is 12.6. The van der Waals surface area contributed by atoms with E-state index in [1.807, 2.05) is 60.8 Å². The number of aliphatic hydroxyl groups is 1. The molecule has 0 radical (unpaired) electrons. The number of nitrogens with one attached hydrogen (secondary N) is 2. The van der Waals surface area contributed by atoms with Crippen molar-refractivity contribution < 1.29 is 29.0 Å². The number of methoxy groups -OCH3 is 1. The van der Waals surface area contributed by atoms with Gasteiger partial charge >= 0.3 is 0 Å². The second-order valence-corrected chi connectivity index (χ2v) is 21.6. The van der Waals surface area contributed by atoms with Crippen LogP contribution in [0.1, 0.15) is 50.9 Å². The second kappa shape index (κ2) is 17.5. The number of amides is 3. The molecule has 4 atom stereocenters. The summed E-state index contributed by atoms with van der Waals surface area (Å²) < 4.78 is 14.7. The van der Waals surface area contributed by atoms with Gasteiger partial charge in [0.1, 0.15) is 5.75 Å². The number of aromatic nitrogens is 3. The Morgan fingerprint density at radius 1 is 0.857 bits per heavy atom. The first kappa shape index (κ1) is 42.9. The molecule has 2 aliphatic rings. The zero-order valence-electron chi connectivity index (χ0n) is 35.7. The maximum Gasteiger partial charge on any atom is 0.264 e. The van der Waals surface area contributed by atoms with E-state index in [2.05, 4.69) is 53.1 Å². The van der Waals surface area contributed by atoms with Crippen molar-refractivity contribution in [2.45, 2.75) is 63.2 Å². The monoisotopic (exact) mass is 864 g/mol. The van der Waals surface area contributed by atoms with Crippen LogP contribution in [0.4, 0.5) is 28.4 Å². The Labute approximate surface area is 367 Å². The first-order valence-electron chi connectivity index (χ1n) is 21.0. The number of benzene rings is 5. The Morgan fingerprint density at radius 3 is 2.06 bits per heavy atom. The van der Waals surface area contributed by atoms with Gasteiger partial charge in [0.15, 0.2) is 5.60 Å². The Hall–Kier alpha value is -6.81. The third-order valence-corrected chi connectivity index (χ3v) is 16.9. The van der Waals surface area contributed by atoms with Crippen molar-refractivity contribution in [1.29, 1.82) is 0 Å². The summed E-state index contributed by atoms with van der Waals surface area (Å²) >= 11 is 0. The maximum absolute atomic E-state index is 15.6. The van der Waals surface area contributed by atoms with Crippen LogP contribution in [-0.4, -0.2) is 65.7 Å². The average molecular weight is 865 g/mol. The molecule has 3 heterocycles. The zero-order chi connectivity index (χ0) is 44.5. The van der Waals surface area contributed by atoms with Gasteiger partial charge in [-0.1, -0.05) is 54.7 Å². The molecule has 0 unspecified atom stereocenters. The van der Waals surface area contributed by atoms with Gasteiger partial charge in [0, 0.05) is 71.1 Å². The van der Waals surface area contributed by atoms with Crippen molar-refractivity contribution in [1.82, 2.24) is 15.0 Å². The number of carbonyl (C=O) groups is 3. The fraction of sp³-hybridized carbons (Fsp3) is 0.271. The molecule has 1 spiro atoms. The van der Waals surface area contributed by atoms with Crippen LogP contribution in [0.25, 0.3) is 0 Å². The van der Waals surface area contributed by atoms with E-state index in [9.17, 15) is 14.7 Å². The first-order chi connectivity index (χ1) is 30.3. The molecule has 2 aliphatic heterocycles. The van der Waals surface area contributed by atoms with Gasteiger partial charge in [-0.25, -0.2) is 0 Å². The zero-order valence-corrected chi connectivity index (χ0v) is 36.7. The largest absolute Gasteiger partial charge is 0.497 e. The van der Waals surface area contributed by atoms with Crippen molar-refractivity contribution >= 4 is 59.4 Å². The maximum atomic E-state index is 15.6. The second-order valence-electron chi connectivity index (χ2n) is 16.9. The lowest BCUT2D eigenvalue weighted by Gasteiger charge is -2.37. The van der Waals surface area contributed by atoms with Crippen molar-refractivity contribution in [3.05, 3.63) is 149 Å². The highest BCUT2D eigenvalue weighted by molar-refractivity contribution is 6.91. The number of nitrogens with two attached hydrogens (primary N) is 2. The molecule has 7 N–H and O–H groups in total. The third kappa shape index (κ3) is 8.42. The fourth-order valence-corrected chi connectivity index (χ4v) is 13.4. The smallest absolute Gasteiger partial charge is 0.264 e. The SMILES string of the molecule is COc1ccc([Si](C)(C)[C@H]2[C@H](CCn3cc(CCO)nn3)O[C@@]3(C(=O)N(Cc4ccc(NC(=O)c5ccc(N)cc5)cc4)c4ccc(NC(=O)c5ccc(N)cc5)cc43)[C@@H]2C)cc1. The van der Waals surface area contributed by atoms with E-state index in [4.69, 9.17) is 20.9 Å². The van der Waals surface area contributed by atoms with Gasteiger partial charge in [0.2, 0.25) is 0 Å². The lowest BCUT2D eigenvalue weighted by molar-refractivity contribution is -0.146. The molecule has 5 aromatic carbocycles. The minimum absolute atomic E-state index is 0.0279. The number of aryl methyl sites for hydroxylation is 1. The molecule has 15 heteroatoms. The summed E-state index contributed by atoms with van der Waals surface area (Å²) in [6, 6.07) is 34.6. The Bertz CT molecular complexity index is 2620. The topological polar surface area (TPSA) is 200 Å². The van der Waals surface area contributed by atoms with E-state index in [-0.39, 0.29) is 48.4 Å². The van der Waals surface area contributed by atoms with Crippen LogP contribution in [0.3, 0.4) is 0 Å². The lowest BCUT2D eigenvalue weighted by Crippen LogP contribution is -2.51.